The van der Waals surface area contributed by atoms with Gasteiger partial charge in [-0.3, -0.25) is 4.79 Å². The molecule has 174 valence electrons. The van der Waals surface area contributed by atoms with Crippen LogP contribution in [0.5, 0.6) is 0 Å². The molecule has 0 rings (SSSR count). The average molecular weight is 434 g/mol. The van der Waals surface area contributed by atoms with Gasteiger partial charge in [-0.1, -0.05) is 55.5 Å². The van der Waals surface area contributed by atoms with Crippen molar-refractivity contribution < 1.29 is 19.5 Å². The highest BCUT2D eigenvalue weighted by Gasteiger charge is 2.19. The Morgan fingerprint density at radius 2 is 1.45 bits per heavy atom. The minimum atomic E-state index is -1.08. The number of carbonyl (C=O) groups excluding carboxylic acids is 2. The van der Waals surface area contributed by atoms with Crippen molar-refractivity contribution in [1.29, 1.82) is 0 Å². The number of carboxylic acid groups (broad SMARTS) is 1. The summed E-state index contributed by atoms with van der Waals surface area (Å²) in [4.78, 5) is 33.7. The topological polar surface area (TPSA) is 122 Å². The summed E-state index contributed by atoms with van der Waals surface area (Å²) in [5, 5.41) is 14.1. The molecule has 0 aliphatic carbocycles. The number of rotatable bonds is 18. The Kier molecular flexibility index (Phi) is 18.6. The average Bonchev–Trinajstić information content (AvgIpc) is 2.72. The number of carboxylic acids is 1. The van der Waals surface area contributed by atoms with Gasteiger partial charge in [0.25, 0.3) is 0 Å². The van der Waals surface area contributed by atoms with Crippen LogP contribution in [0.1, 0.15) is 71.1 Å². The van der Waals surface area contributed by atoms with E-state index >= 15 is 0 Å². The molecule has 0 saturated heterocycles. The molecule has 0 radical (unpaired) electrons. The van der Waals surface area contributed by atoms with Crippen LogP contribution in [0.2, 0.25) is 0 Å². The summed E-state index contributed by atoms with van der Waals surface area (Å²) in [6, 6.07) is -1.60. The Morgan fingerprint density at radius 1 is 0.871 bits per heavy atom. The summed E-state index contributed by atoms with van der Waals surface area (Å²) in [6.07, 6.45) is 24.5. The molecule has 31 heavy (non-hydrogen) atoms. The Balaban J connectivity index is 3.80. The molecule has 0 fully saturated rings. The van der Waals surface area contributed by atoms with Crippen molar-refractivity contribution in [3.05, 3.63) is 48.6 Å². The molecule has 0 aromatic rings. The van der Waals surface area contributed by atoms with Crippen LogP contribution >= 0.6 is 0 Å². The molecule has 0 aromatic carbocycles. The lowest BCUT2D eigenvalue weighted by Crippen LogP contribution is -2.41. The van der Waals surface area contributed by atoms with Crippen molar-refractivity contribution in [1.82, 2.24) is 10.6 Å². The number of nitrogens with two attached hydrogens (primary N) is 1. The van der Waals surface area contributed by atoms with Gasteiger partial charge in [0.05, 0.1) is 0 Å². The van der Waals surface area contributed by atoms with Crippen molar-refractivity contribution in [3.63, 3.8) is 0 Å². The SMILES string of the molecule is CC/C=C\C/C=C\C/C=C\C/C=C\CCCCC(=O)N[C@@H](CCCNC(N)=O)C(=O)O. The summed E-state index contributed by atoms with van der Waals surface area (Å²) in [6.45, 7) is 2.41. The lowest BCUT2D eigenvalue weighted by atomic mass is 10.1. The number of urea groups is 1. The molecule has 0 aliphatic heterocycles. The molecule has 0 aromatic heterocycles. The normalized spacial score (nSPS) is 12.8. The first-order valence-electron chi connectivity index (χ1n) is 11.1. The molecule has 3 amide bonds. The van der Waals surface area contributed by atoms with Crippen LogP contribution in [-0.4, -0.2) is 35.6 Å². The van der Waals surface area contributed by atoms with Crippen molar-refractivity contribution in [3.8, 4) is 0 Å². The fourth-order valence-electron chi connectivity index (χ4n) is 2.69. The smallest absolute Gasteiger partial charge is 0.326 e. The first-order valence-corrected chi connectivity index (χ1v) is 11.1. The van der Waals surface area contributed by atoms with Gasteiger partial charge in [0.15, 0.2) is 0 Å². The molecule has 0 unspecified atom stereocenters. The highest BCUT2D eigenvalue weighted by Crippen LogP contribution is 2.04. The molecule has 1 atom stereocenters. The standard InChI is InChI=1S/C24H39N3O4/c1-2-3-4-5-6-7-8-9-10-11-12-13-14-15-16-19-22(28)27-21(23(29)30)18-17-20-26-24(25)31/h3-4,6-7,9-10,12-13,21H,2,5,8,11,14-20H2,1H3,(H,27,28)(H,29,30)(H3,25,26,31)/b4-3-,7-6-,10-9-,13-12-/t21-/m0/s1. The lowest BCUT2D eigenvalue weighted by molar-refractivity contribution is -0.142. The number of hydrogen-bond acceptors (Lipinski definition) is 3. The Labute approximate surface area is 186 Å². The first kappa shape index (κ1) is 28.2. The molecule has 7 heteroatoms. The van der Waals surface area contributed by atoms with Crippen molar-refractivity contribution in [2.45, 2.75) is 77.2 Å². The first-order chi connectivity index (χ1) is 15.0. The molecule has 0 aliphatic rings. The van der Waals surface area contributed by atoms with Crippen LogP contribution in [-0.2, 0) is 9.59 Å². The summed E-state index contributed by atoms with van der Waals surface area (Å²) in [7, 11) is 0. The van der Waals surface area contributed by atoms with Gasteiger partial charge in [-0.15, -0.1) is 0 Å². The highest BCUT2D eigenvalue weighted by molar-refractivity contribution is 5.83. The maximum absolute atomic E-state index is 11.9. The van der Waals surface area contributed by atoms with Gasteiger partial charge in [-0.05, 0) is 57.8 Å². The third-order valence-electron chi connectivity index (χ3n) is 4.35. The predicted molar refractivity (Wildman–Crippen MR) is 126 cm³/mol. The van der Waals surface area contributed by atoms with E-state index in [0.717, 1.165) is 38.5 Å². The third kappa shape index (κ3) is 20.2. The van der Waals surface area contributed by atoms with E-state index in [4.69, 9.17) is 5.73 Å². The van der Waals surface area contributed by atoms with E-state index < -0.39 is 18.0 Å². The summed E-state index contributed by atoms with van der Waals surface area (Å²) in [5.41, 5.74) is 4.95. The predicted octanol–water partition coefficient (Wildman–Crippen LogP) is 4.37. The van der Waals surface area contributed by atoms with Gasteiger partial charge in [0.1, 0.15) is 6.04 Å². The van der Waals surface area contributed by atoms with E-state index in [0.29, 0.717) is 19.3 Å². The zero-order valence-electron chi connectivity index (χ0n) is 18.7. The van der Waals surface area contributed by atoms with Gasteiger partial charge in [0, 0.05) is 13.0 Å². The molecular formula is C24H39N3O4. The lowest BCUT2D eigenvalue weighted by Gasteiger charge is -2.14. The van der Waals surface area contributed by atoms with Crippen molar-refractivity contribution >= 4 is 17.9 Å². The minimum absolute atomic E-state index is 0.239. The summed E-state index contributed by atoms with van der Waals surface area (Å²) in [5.74, 6) is -1.34. The molecule has 5 N–H and O–H groups in total. The van der Waals surface area contributed by atoms with Gasteiger partial charge < -0.3 is 21.5 Å². The van der Waals surface area contributed by atoms with Crippen LogP contribution in [0, 0.1) is 0 Å². The fraction of sp³-hybridized carbons (Fsp3) is 0.542. The fourth-order valence-corrected chi connectivity index (χ4v) is 2.69. The van der Waals surface area contributed by atoms with E-state index in [2.05, 4.69) is 66.2 Å². The monoisotopic (exact) mass is 433 g/mol. The maximum atomic E-state index is 11.9. The number of unbranched alkanes of at least 4 members (excludes halogenated alkanes) is 2. The molecule has 0 bridgehead atoms. The summed E-state index contributed by atoms with van der Waals surface area (Å²) >= 11 is 0. The number of nitrogens with one attached hydrogen (secondary N) is 2. The second-order valence-corrected chi connectivity index (χ2v) is 7.14. The van der Waals surface area contributed by atoms with Gasteiger partial charge in [-0.2, -0.15) is 0 Å². The molecular weight excluding hydrogens is 394 g/mol. The van der Waals surface area contributed by atoms with Crippen LogP contribution in [0.3, 0.4) is 0 Å². The van der Waals surface area contributed by atoms with Crippen LogP contribution < -0.4 is 16.4 Å². The Hall–Kier alpha value is -2.83. The van der Waals surface area contributed by atoms with Crippen molar-refractivity contribution in [2.24, 2.45) is 5.73 Å². The summed E-state index contributed by atoms with van der Waals surface area (Å²) < 4.78 is 0. The maximum Gasteiger partial charge on any atom is 0.326 e. The van der Waals surface area contributed by atoms with E-state index in [9.17, 15) is 19.5 Å². The number of carbonyl (C=O) groups is 3. The minimum Gasteiger partial charge on any atom is -0.480 e. The Bertz CT molecular complexity index is 624. The van der Waals surface area contributed by atoms with E-state index in [1.165, 1.54) is 0 Å². The van der Waals surface area contributed by atoms with Crippen LogP contribution in [0.4, 0.5) is 4.79 Å². The number of allylic oxidation sites excluding steroid dienone is 8. The second-order valence-electron chi connectivity index (χ2n) is 7.14. The third-order valence-corrected chi connectivity index (χ3v) is 4.35. The number of amides is 3. The molecule has 0 spiro atoms. The van der Waals surface area contributed by atoms with Crippen molar-refractivity contribution in [2.75, 3.05) is 6.54 Å². The van der Waals surface area contributed by atoms with Crippen LogP contribution in [0.25, 0.3) is 0 Å². The highest BCUT2D eigenvalue weighted by atomic mass is 16.4. The number of primary amides is 1. The van der Waals surface area contributed by atoms with Gasteiger partial charge >= 0.3 is 12.0 Å². The quantitative estimate of drug-likeness (QED) is 0.189. The second kappa shape index (κ2) is 20.4. The van der Waals surface area contributed by atoms with Crippen LogP contribution in [0.15, 0.2) is 48.6 Å². The zero-order chi connectivity index (χ0) is 23.2. The van der Waals surface area contributed by atoms with E-state index in [-0.39, 0.29) is 18.9 Å². The van der Waals surface area contributed by atoms with Gasteiger partial charge in [-0.25, -0.2) is 9.59 Å². The molecule has 0 heterocycles. The van der Waals surface area contributed by atoms with E-state index in [1.54, 1.807) is 0 Å². The molecule has 0 saturated carbocycles. The molecule has 7 nitrogen and oxygen atoms in total. The zero-order valence-corrected chi connectivity index (χ0v) is 18.7. The largest absolute Gasteiger partial charge is 0.480 e. The van der Waals surface area contributed by atoms with Gasteiger partial charge in [0.2, 0.25) is 5.91 Å². The number of hydrogen-bond donors (Lipinski definition) is 4. The number of aliphatic carboxylic acids is 1. The van der Waals surface area contributed by atoms with E-state index in [1.807, 2.05) is 0 Å². The Morgan fingerprint density at radius 3 is 2.00 bits per heavy atom.